The van der Waals surface area contributed by atoms with Crippen molar-refractivity contribution in [3.63, 3.8) is 0 Å². The minimum Gasteiger partial charge on any atom is -0.381 e. The SMILES string of the molecule is CC(C)(C)c1cc(N2CCOC3(CCOCC3)C2)nc(C(C)(C)C)n1. The van der Waals surface area contributed by atoms with Crippen molar-refractivity contribution in [3.8, 4) is 0 Å². The second-order valence-corrected chi connectivity index (χ2v) is 9.50. The van der Waals surface area contributed by atoms with E-state index in [0.717, 1.165) is 63.1 Å². The molecule has 2 fully saturated rings. The number of aromatic nitrogens is 2. The smallest absolute Gasteiger partial charge is 0.136 e. The number of hydrogen-bond donors (Lipinski definition) is 0. The average molecular weight is 348 g/mol. The maximum absolute atomic E-state index is 6.19. The van der Waals surface area contributed by atoms with Crippen molar-refractivity contribution < 1.29 is 9.47 Å². The van der Waals surface area contributed by atoms with Crippen molar-refractivity contribution in [2.45, 2.75) is 70.8 Å². The molecule has 1 aromatic rings. The van der Waals surface area contributed by atoms with Gasteiger partial charge in [0.15, 0.2) is 0 Å². The lowest BCUT2D eigenvalue weighted by Gasteiger charge is -2.45. The largest absolute Gasteiger partial charge is 0.381 e. The van der Waals surface area contributed by atoms with E-state index in [0.29, 0.717) is 0 Å². The van der Waals surface area contributed by atoms with Crippen LogP contribution in [0.25, 0.3) is 0 Å². The van der Waals surface area contributed by atoms with Crippen LogP contribution < -0.4 is 4.90 Å². The molecular formula is C20H33N3O2. The summed E-state index contributed by atoms with van der Waals surface area (Å²) in [5.74, 6) is 1.96. The topological polar surface area (TPSA) is 47.5 Å². The molecule has 5 nitrogen and oxygen atoms in total. The van der Waals surface area contributed by atoms with Crippen molar-refractivity contribution in [1.82, 2.24) is 9.97 Å². The Labute approximate surface area is 152 Å². The Bertz CT molecular complexity index is 573. The fourth-order valence-electron chi connectivity index (χ4n) is 3.40. The lowest BCUT2D eigenvalue weighted by molar-refractivity contribution is -0.116. The average Bonchev–Trinajstić information content (AvgIpc) is 2.53. The Morgan fingerprint density at radius 3 is 2.24 bits per heavy atom. The molecule has 25 heavy (non-hydrogen) atoms. The van der Waals surface area contributed by atoms with Gasteiger partial charge in [-0.25, -0.2) is 9.97 Å². The number of hydrogen-bond acceptors (Lipinski definition) is 5. The number of ether oxygens (including phenoxy) is 2. The molecule has 3 heterocycles. The molecule has 0 saturated carbocycles. The first-order valence-corrected chi connectivity index (χ1v) is 9.46. The fourth-order valence-corrected chi connectivity index (χ4v) is 3.40. The van der Waals surface area contributed by atoms with Crippen LogP contribution in [-0.4, -0.2) is 48.5 Å². The molecule has 0 amide bonds. The Morgan fingerprint density at radius 1 is 0.960 bits per heavy atom. The third-order valence-corrected chi connectivity index (χ3v) is 5.13. The predicted molar refractivity (Wildman–Crippen MR) is 100 cm³/mol. The lowest BCUT2D eigenvalue weighted by atomic mass is 9.89. The summed E-state index contributed by atoms with van der Waals surface area (Å²) in [6.07, 6.45) is 1.93. The fraction of sp³-hybridized carbons (Fsp3) is 0.800. The van der Waals surface area contributed by atoms with Crippen LogP contribution in [0.4, 0.5) is 5.82 Å². The lowest BCUT2D eigenvalue weighted by Crippen LogP contribution is -2.54. The highest BCUT2D eigenvalue weighted by molar-refractivity contribution is 5.43. The highest BCUT2D eigenvalue weighted by atomic mass is 16.5. The molecule has 0 aromatic carbocycles. The van der Waals surface area contributed by atoms with Gasteiger partial charge in [0.1, 0.15) is 11.6 Å². The zero-order chi connectivity index (χ0) is 18.3. The normalized spacial score (nSPS) is 21.6. The van der Waals surface area contributed by atoms with Crippen LogP contribution in [0.5, 0.6) is 0 Å². The van der Waals surface area contributed by atoms with Gasteiger partial charge in [0.05, 0.1) is 17.9 Å². The summed E-state index contributed by atoms with van der Waals surface area (Å²) >= 11 is 0. The molecule has 140 valence electrons. The first-order chi connectivity index (χ1) is 11.6. The third kappa shape index (κ3) is 4.14. The Balaban J connectivity index is 1.95. The van der Waals surface area contributed by atoms with Crippen molar-refractivity contribution in [2.75, 3.05) is 37.8 Å². The zero-order valence-corrected chi connectivity index (χ0v) is 16.7. The van der Waals surface area contributed by atoms with Crippen LogP contribution in [0.3, 0.4) is 0 Å². The van der Waals surface area contributed by atoms with Gasteiger partial charge in [-0.05, 0) is 0 Å². The Morgan fingerprint density at radius 2 is 1.64 bits per heavy atom. The van der Waals surface area contributed by atoms with Gasteiger partial charge in [0.2, 0.25) is 0 Å². The summed E-state index contributed by atoms with van der Waals surface area (Å²) < 4.78 is 11.7. The number of rotatable bonds is 1. The van der Waals surface area contributed by atoms with Gasteiger partial charge < -0.3 is 14.4 Å². The molecule has 0 radical (unpaired) electrons. The first kappa shape index (κ1) is 18.6. The summed E-state index contributed by atoms with van der Waals surface area (Å²) in [4.78, 5) is 12.2. The molecule has 1 spiro atoms. The summed E-state index contributed by atoms with van der Waals surface area (Å²) in [5.41, 5.74) is 0.958. The van der Waals surface area contributed by atoms with E-state index < -0.39 is 0 Å². The molecule has 0 unspecified atom stereocenters. The van der Waals surface area contributed by atoms with E-state index in [9.17, 15) is 0 Å². The summed E-state index contributed by atoms with van der Waals surface area (Å²) in [7, 11) is 0. The summed E-state index contributed by atoms with van der Waals surface area (Å²) in [6, 6.07) is 2.17. The highest BCUT2D eigenvalue weighted by Crippen LogP contribution is 2.33. The molecule has 0 N–H and O–H groups in total. The quantitative estimate of drug-likeness (QED) is 0.778. The van der Waals surface area contributed by atoms with Crippen molar-refractivity contribution >= 4 is 5.82 Å². The predicted octanol–water partition coefficient (Wildman–Crippen LogP) is 3.46. The van der Waals surface area contributed by atoms with Gasteiger partial charge in [-0.15, -0.1) is 0 Å². The summed E-state index contributed by atoms with van der Waals surface area (Å²) in [6.45, 7) is 17.3. The molecule has 2 aliphatic heterocycles. The molecule has 1 aromatic heterocycles. The van der Waals surface area contributed by atoms with Crippen LogP contribution in [0.1, 0.15) is 65.9 Å². The maximum Gasteiger partial charge on any atom is 0.136 e. The molecule has 5 heteroatoms. The van der Waals surface area contributed by atoms with Gasteiger partial charge >= 0.3 is 0 Å². The van der Waals surface area contributed by atoms with Crippen LogP contribution in [0, 0.1) is 0 Å². The van der Waals surface area contributed by atoms with E-state index in [1.165, 1.54) is 0 Å². The summed E-state index contributed by atoms with van der Waals surface area (Å²) in [5, 5.41) is 0. The van der Waals surface area contributed by atoms with Crippen molar-refractivity contribution in [1.29, 1.82) is 0 Å². The van der Waals surface area contributed by atoms with Crippen LogP contribution in [0.2, 0.25) is 0 Å². The molecule has 2 saturated heterocycles. The Kier molecular flexibility index (Phi) is 4.84. The second-order valence-electron chi connectivity index (χ2n) is 9.50. The highest BCUT2D eigenvalue weighted by Gasteiger charge is 2.39. The van der Waals surface area contributed by atoms with E-state index in [-0.39, 0.29) is 16.4 Å². The van der Waals surface area contributed by atoms with Crippen molar-refractivity contribution in [3.05, 3.63) is 17.6 Å². The molecule has 2 aliphatic rings. The molecule has 0 atom stereocenters. The number of morpholine rings is 1. The van der Waals surface area contributed by atoms with Crippen LogP contribution in [-0.2, 0) is 20.3 Å². The van der Waals surface area contributed by atoms with E-state index in [1.54, 1.807) is 0 Å². The van der Waals surface area contributed by atoms with E-state index in [1.807, 2.05) is 0 Å². The zero-order valence-electron chi connectivity index (χ0n) is 16.7. The number of anilines is 1. The maximum atomic E-state index is 6.19. The molecular weight excluding hydrogens is 314 g/mol. The number of nitrogens with zero attached hydrogens (tertiary/aromatic N) is 3. The standard InChI is InChI=1S/C20H33N3O2/c1-18(2,3)15-13-16(22-17(21-15)19(4,5)6)23-9-12-25-20(14-23)7-10-24-11-8-20/h13H,7-12,14H2,1-6H3. The van der Waals surface area contributed by atoms with E-state index >= 15 is 0 Å². The minimum atomic E-state index is -0.0781. The molecule has 0 aliphatic carbocycles. The molecule has 3 rings (SSSR count). The Hall–Kier alpha value is -1.20. The van der Waals surface area contributed by atoms with Gasteiger partial charge in [-0.3, -0.25) is 0 Å². The second kappa shape index (κ2) is 6.51. The molecule has 0 bridgehead atoms. The van der Waals surface area contributed by atoms with E-state index in [2.05, 4.69) is 52.5 Å². The first-order valence-electron chi connectivity index (χ1n) is 9.46. The monoisotopic (exact) mass is 347 g/mol. The minimum absolute atomic E-state index is 0.000340. The van der Waals surface area contributed by atoms with Crippen LogP contribution in [0.15, 0.2) is 6.07 Å². The van der Waals surface area contributed by atoms with Crippen LogP contribution >= 0.6 is 0 Å². The third-order valence-electron chi connectivity index (χ3n) is 5.13. The van der Waals surface area contributed by atoms with Crippen molar-refractivity contribution in [2.24, 2.45) is 0 Å². The van der Waals surface area contributed by atoms with Gasteiger partial charge in [0.25, 0.3) is 0 Å². The van der Waals surface area contributed by atoms with Gasteiger partial charge in [-0.1, -0.05) is 41.5 Å². The van der Waals surface area contributed by atoms with Gasteiger partial charge in [0, 0.05) is 56.0 Å². The van der Waals surface area contributed by atoms with Gasteiger partial charge in [-0.2, -0.15) is 0 Å². The van der Waals surface area contributed by atoms with E-state index in [4.69, 9.17) is 19.4 Å².